The molecule has 0 aliphatic rings. The summed E-state index contributed by atoms with van der Waals surface area (Å²) in [5.74, 6) is 1.68. The number of nitrogens with one attached hydrogen (secondary N) is 1. The molecule has 0 aromatic carbocycles. The quantitative estimate of drug-likeness (QED) is 0.779. The molecule has 1 aromatic rings. The fraction of sp³-hybridized carbons (Fsp3) is 0.750. The maximum atomic E-state index is 4.37. The highest BCUT2D eigenvalue weighted by molar-refractivity contribution is 4.97. The Labute approximate surface area is 92.9 Å². The third kappa shape index (κ3) is 3.67. The molecule has 3 heteroatoms. The third-order valence-corrected chi connectivity index (χ3v) is 2.72. The second kappa shape index (κ2) is 5.91. The monoisotopic (exact) mass is 209 g/mol. The molecule has 1 unspecified atom stereocenters. The van der Waals surface area contributed by atoms with Crippen molar-refractivity contribution in [3.63, 3.8) is 0 Å². The van der Waals surface area contributed by atoms with Gasteiger partial charge in [-0.25, -0.2) is 4.98 Å². The van der Waals surface area contributed by atoms with Crippen LogP contribution in [-0.4, -0.2) is 22.1 Å². The van der Waals surface area contributed by atoms with E-state index in [4.69, 9.17) is 0 Å². The minimum atomic E-state index is 0.503. The Morgan fingerprint density at radius 2 is 2.13 bits per heavy atom. The molecule has 0 saturated heterocycles. The van der Waals surface area contributed by atoms with Crippen LogP contribution >= 0.6 is 0 Å². The average molecular weight is 209 g/mol. The van der Waals surface area contributed by atoms with E-state index in [0.717, 1.165) is 13.1 Å². The highest BCUT2D eigenvalue weighted by atomic mass is 15.1. The lowest BCUT2D eigenvalue weighted by atomic mass is 10.2. The van der Waals surface area contributed by atoms with Crippen molar-refractivity contribution < 1.29 is 0 Å². The van der Waals surface area contributed by atoms with E-state index in [1.165, 1.54) is 12.2 Å². The summed E-state index contributed by atoms with van der Waals surface area (Å²) < 4.78 is 2.24. The molecule has 0 spiro atoms. The minimum absolute atomic E-state index is 0.503. The summed E-state index contributed by atoms with van der Waals surface area (Å²) in [7, 11) is 0. The average Bonchev–Trinajstić information content (AvgIpc) is 2.65. The number of nitrogens with zero attached hydrogens (tertiary/aromatic N) is 2. The van der Waals surface area contributed by atoms with Gasteiger partial charge in [-0.3, -0.25) is 0 Å². The first-order chi connectivity index (χ1) is 7.15. The Balaban J connectivity index is 2.40. The zero-order chi connectivity index (χ0) is 11.3. The Morgan fingerprint density at radius 3 is 2.73 bits per heavy atom. The lowest BCUT2D eigenvalue weighted by Gasteiger charge is -2.14. The van der Waals surface area contributed by atoms with Gasteiger partial charge in [-0.1, -0.05) is 20.8 Å². The van der Waals surface area contributed by atoms with E-state index in [1.807, 2.05) is 6.20 Å². The number of aromatic nitrogens is 2. The van der Waals surface area contributed by atoms with Crippen molar-refractivity contribution in [3.05, 3.63) is 18.2 Å². The molecule has 1 rings (SSSR count). The number of rotatable bonds is 6. The fourth-order valence-electron chi connectivity index (χ4n) is 1.59. The van der Waals surface area contributed by atoms with Gasteiger partial charge in [-0.05, 0) is 13.3 Å². The van der Waals surface area contributed by atoms with Gasteiger partial charge in [0.1, 0.15) is 5.82 Å². The summed E-state index contributed by atoms with van der Waals surface area (Å²) in [5, 5.41) is 3.49. The standard InChI is InChI=1S/C12H23N3/c1-5-11(4)13-6-8-15-9-7-14-12(15)10(2)3/h7,9-11,13H,5-6,8H2,1-4H3. The van der Waals surface area contributed by atoms with E-state index in [0.29, 0.717) is 12.0 Å². The van der Waals surface area contributed by atoms with Crippen molar-refractivity contribution in [3.8, 4) is 0 Å². The van der Waals surface area contributed by atoms with Gasteiger partial charge in [0.2, 0.25) is 0 Å². The second-order valence-electron chi connectivity index (χ2n) is 4.40. The number of hydrogen-bond acceptors (Lipinski definition) is 2. The van der Waals surface area contributed by atoms with Crippen LogP contribution in [0.25, 0.3) is 0 Å². The third-order valence-electron chi connectivity index (χ3n) is 2.72. The van der Waals surface area contributed by atoms with Gasteiger partial charge < -0.3 is 9.88 Å². The van der Waals surface area contributed by atoms with Crippen LogP contribution in [0.3, 0.4) is 0 Å². The van der Waals surface area contributed by atoms with Crippen molar-refractivity contribution in [1.29, 1.82) is 0 Å². The summed E-state index contributed by atoms with van der Waals surface area (Å²) in [6, 6.07) is 0.607. The zero-order valence-electron chi connectivity index (χ0n) is 10.3. The first kappa shape index (κ1) is 12.2. The molecular formula is C12H23N3. The van der Waals surface area contributed by atoms with Gasteiger partial charge in [-0.2, -0.15) is 0 Å². The summed E-state index contributed by atoms with van der Waals surface area (Å²) in [6.45, 7) is 10.8. The number of imidazole rings is 1. The highest BCUT2D eigenvalue weighted by Gasteiger charge is 2.06. The summed E-state index contributed by atoms with van der Waals surface area (Å²) in [6.07, 6.45) is 5.13. The molecule has 0 bridgehead atoms. The van der Waals surface area contributed by atoms with Gasteiger partial charge in [-0.15, -0.1) is 0 Å². The molecular weight excluding hydrogens is 186 g/mol. The van der Waals surface area contributed by atoms with Crippen LogP contribution in [0.5, 0.6) is 0 Å². The lowest BCUT2D eigenvalue weighted by Crippen LogP contribution is -2.29. The van der Waals surface area contributed by atoms with E-state index in [2.05, 4.69) is 48.8 Å². The Bertz CT molecular complexity index is 278. The van der Waals surface area contributed by atoms with Crippen LogP contribution in [0.4, 0.5) is 0 Å². The molecule has 1 heterocycles. The van der Waals surface area contributed by atoms with Gasteiger partial charge in [0.25, 0.3) is 0 Å². The molecule has 1 N–H and O–H groups in total. The first-order valence-corrected chi connectivity index (χ1v) is 5.89. The summed E-state index contributed by atoms with van der Waals surface area (Å²) >= 11 is 0. The van der Waals surface area contributed by atoms with Gasteiger partial charge in [0.05, 0.1) is 0 Å². The summed E-state index contributed by atoms with van der Waals surface area (Å²) in [4.78, 5) is 4.37. The molecule has 0 aliphatic carbocycles. The van der Waals surface area contributed by atoms with Crippen molar-refractivity contribution in [2.45, 2.75) is 52.6 Å². The smallest absolute Gasteiger partial charge is 0.111 e. The summed E-state index contributed by atoms with van der Waals surface area (Å²) in [5.41, 5.74) is 0. The normalized spacial score (nSPS) is 13.4. The Morgan fingerprint density at radius 1 is 1.40 bits per heavy atom. The maximum Gasteiger partial charge on any atom is 0.111 e. The van der Waals surface area contributed by atoms with Gasteiger partial charge in [0, 0.05) is 37.4 Å². The Hall–Kier alpha value is -0.830. The molecule has 0 amide bonds. The van der Waals surface area contributed by atoms with E-state index < -0.39 is 0 Å². The van der Waals surface area contributed by atoms with Crippen molar-refractivity contribution in [1.82, 2.24) is 14.9 Å². The van der Waals surface area contributed by atoms with Crippen LogP contribution < -0.4 is 5.32 Å². The molecule has 0 fully saturated rings. The molecule has 86 valence electrons. The Kier molecular flexibility index (Phi) is 4.82. The van der Waals surface area contributed by atoms with Crippen LogP contribution in [0.15, 0.2) is 12.4 Å². The first-order valence-electron chi connectivity index (χ1n) is 5.89. The maximum absolute atomic E-state index is 4.37. The molecule has 1 aromatic heterocycles. The van der Waals surface area contributed by atoms with E-state index in [-0.39, 0.29) is 0 Å². The molecule has 1 atom stereocenters. The molecule has 3 nitrogen and oxygen atoms in total. The van der Waals surface area contributed by atoms with Crippen LogP contribution in [0.2, 0.25) is 0 Å². The predicted molar refractivity (Wildman–Crippen MR) is 64.1 cm³/mol. The molecule has 0 saturated carbocycles. The molecule has 0 radical (unpaired) electrons. The van der Waals surface area contributed by atoms with E-state index in [9.17, 15) is 0 Å². The SMILES string of the molecule is CCC(C)NCCn1ccnc1C(C)C. The molecule has 0 aliphatic heterocycles. The van der Waals surface area contributed by atoms with Crippen molar-refractivity contribution in [2.24, 2.45) is 0 Å². The van der Waals surface area contributed by atoms with Gasteiger partial charge >= 0.3 is 0 Å². The van der Waals surface area contributed by atoms with Gasteiger partial charge in [0.15, 0.2) is 0 Å². The van der Waals surface area contributed by atoms with Crippen LogP contribution in [0, 0.1) is 0 Å². The van der Waals surface area contributed by atoms with E-state index >= 15 is 0 Å². The predicted octanol–water partition coefficient (Wildman–Crippen LogP) is 2.39. The molecule has 15 heavy (non-hydrogen) atoms. The largest absolute Gasteiger partial charge is 0.333 e. The van der Waals surface area contributed by atoms with Crippen LogP contribution in [-0.2, 0) is 6.54 Å². The van der Waals surface area contributed by atoms with Crippen molar-refractivity contribution in [2.75, 3.05) is 6.54 Å². The van der Waals surface area contributed by atoms with E-state index in [1.54, 1.807) is 0 Å². The van der Waals surface area contributed by atoms with Crippen LogP contribution in [0.1, 0.15) is 45.9 Å². The second-order valence-corrected chi connectivity index (χ2v) is 4.40. The van der Waals surface area contributed by atoms with Crippen molar-refractivity contribution >= 4 is 0 Å². The zero-order valence-corrected chi connectivity index (χ0v) is 10.3. The minimum Gasteiger partial charge on any atom is -0.333 e. The topological polar surface area (TPSA) is 29.9 Å². The highest BCUT2D eigenvalue weighted by Crippen LogP contribution is 2.10. The lowest BCUT2D eigenvalue weighted by molar-refractivity contribution is 0.494. The fourth-order valence-corrected chi connectivity index (χ4v) is 1.59. The number of hydrogen-bond donors (Lipinski definition) is 1.